The van der Waals surface area contributed by atoms with Gasteiger partial charge in [-0.2, -0.15) is 0 Å². The summed E-state index contributed by atoms with van der Waals surface area (Å²) in [6, 6.07) is 10.6. The van der Waals surface area contributed by atoms with E-state index in [1.165, 1.54) is 5.56 Å². The molecule has 0 amide bonds. The lowest BCUT2D eigenvalue weighted by Crippen LogP contribution is -1.80. The summed E-state index contributed by atoms with van der Waals surface area (Å²) in [5.74, 6) is 0.752. The lowest BCUT2D eigenvalue weighted by molar-refractivity contribution is 0.966. The molecule has 0 aliphatic rings. The Bertz CT molecular complexity index is 311. The number of allylic oxidation sites excluding steroid dienone is 4. The second kappa shape index (κ2) is 9.23. The fraction of sp³-hybridized carbons (Fsp3) is 0.333. The highest BCUT2D eigenvalue weighted by atomic mass is 35.5. The summed E-state index contributed by atoms with van der Waals surface area (Å²) in [6.07, 6.45) is 13.0. The van der Waals surface area contributed by atoms with Gasteiger partial charge in [0.15, 0.2) is 0 Å². The Morgan fingerprint density at radius 3 is 2.31 bits per heavy atom. The number of unbranched alkanes of at least 4 members (excludes halogenated alkanes) is 1. The molecule has 0 radical (unpaired) electrons. The number of halogens is 1. The first-order valence-corrected chi connectivity index (χ1v) is 6.38. The first-order valence-electron chi connectivity index (χ1n) is 5.85. The molecule has 0 aliphatic carbocycles. The smallest absolute Gasteiger partial charge is 0.0226 e. The molecule has 0 bridgehead atoms. The van der Waals surface area contributed by atoms with Crippen LogP contribution in [0.4, 0.5) is 0 Å². The lowest BCUT2D eigenvalue weighted by Gasteiger charge is -1.95. The molecule has 0 saturated carbocycles. The summed E-state index contributed by atoms with van der Waals surface area (Å²) in [5.41, 5.74) is 1.40. The summed E-state index contributed by atoms with van der Waals surface area (Å²) in [4.78, 5) is 0. The zero-order valence-electron chi connectivity index (χ0n) is 9.61. The highest BCUT2D eigenvalue weighted by Gasteiger charge is 1.87. The van der Waals surface area contributed by atoms with E-state index in [4.69, 9.17) is 11.6 Å². The van der Waals surface area contributed by atoms with Crippen molar-refractivity contribution in [2.24, 2.45) is 0 Å². The first-order chi connectivity index (χ1) is 7.93. The van der Waals surface area contributed by atoms with Crippen LogP contribution in [0.1, 0.15) is 24.8 Å². The maximum atomic E-state index is 5.58. The topological polar surface area (TPSA) is 0 Å². The minimum absolute atomic E-state index is 0.752. The van der Waals surface area contributed by atoms with Crippen LogP contribution in [-0.4, -0.2) is 5.88 Å². The highest BCUT2D eigenvalue weighted by molar-refractivity contribution is 6.17. The zero-order chi connectivity index (χ0) is 11.5. The molecule has 0 N–H and O–H groups in total. The maximum absolute atomic E-state index is 5.58. The summed E-state index contributed by atoms with van der Waals surface area (Å²) in [6.45, 7) is 0. The van der Waals surface area contributed by atoms with Gasteiger partial charge in [-0.05, 0) is 31.2 Å². The van der Waals surface area contributed by atoms with E-state index in [-0.39, 0.29) is 0 Å². The Morgan fingerprint density at radius 2 is 1.62 bits per heavy atom. The highest BCUT2D eigenvalue weighted by Crippen LogP contribution is 2.02. The molecule has 0 saturated heterocycles. The van der Waals surface area contributed by atoms with Gasteiger partial charge in [-0.25, -0.2) is 0 Å². The Balaban J connectivity index is 2.11. The molecule has 86 valence electrons. The van der Waals surface area contributed by atoms with Gasteiger partial charge >= 0.3 is 0 Å². The van der Waals surface area contributed by atoms with E-state index >= 15 is 0 Å². The Labute approximate surface area is 104 Å². The minimum atomic E-state index is 0.752. The molecule has 0 aliphatic heterocycles. The van der Waals surface area contributed by atoms with Crippen molar-refractivity contribution in [3.05, 3.63) is 60.2 Å². The molecule has 1 heteroatoms. The normalized spacial score (nSPS) is 11.6. The van der Waals surface area contributed by atoms with Crippen molar-refractivity contribution in [2.45, 2.75) is 25.7 Å². The molecule has 0 unspecified atom stereocenters. The van der Waals surface area contributed by atoms with E-state index in [1.54, 1.807) is 0 Å². The van der Waals surface area contributed by atoms with Gasteiger partial charge < -0.3 is 0 Å². The van der Waals surface area contributed by atoms with E-state index in [0.717, 1.165) is 31.6 Å². The fourth-order valence-electron chi connectivity index (χ4n) is 1.44. The maximum Gasteiger partial charge on any atom is 0.0226 e. The SMILES string of the molecule is ClCCC/C=C/C=C\CCc1ccccc1. The zero-order valence-corrected chi connectivity index (χ0v) is 10.4. The number of aryl methyl sites for hydroxylation is 1. The summed E-state index contributed by atoms with van der Waals surface area (Å²) < 4.78 is 0. The largest absolute Gasteiger partial charge is 0.127 e. The van der Waals surface area contributed by atoms with E-state index in [9.17, 15) is 0 Å². The van der Waals surface area contributed by atoms with Crippen molar-refractivity contribution in [3.8, 4) is 0 Å². The number of benzene rings is 1. The number of alkyl halides is 1. The van der Waals surface area contributed by atoms with Crippen LogP contribution in [0.15, 0.2) is 54.6 Å². The summed E-state index contributed by atoms with van der Waals surface area (Å²) >= 11 is 5.58. The van der Waals surface area contributed by atoms with Crippen molar-refractivity contribution in [2.75, 3.05) is 5.88 Å². The predicted octanol–water partition coefficient (Wildman–Crippen LogP) is 4.75. The van der Waals surface area contributed by atoms with Crippen LogP contribution in [0.5, 0.6) is 0 Å². The van der Waals surface area contributed by atoms with Crippen molar-refractivity contribution >= 4 is 11.6 Å². The van der Waals surface area contributed by atoms with E-state index < -0.39 is 0 Å². The molecule has 1 rings (SSSR count). The molecular weight excluding hydrogens is 216 g/mol. The Kier molecular flexibility index (Phi) is 7.53. The van der Waals surface area contributed by atoms with Crippen molar-refractivity contribution in [1.82, 2.24) is 0 Å². The van der Waals surface area contributed by atoms with Gasteiger partial charge in [0.25, 0.3) is 0 Å². The molecule has 0 nitrogen and oxygen atoms in total. The second-order valence-electron chi connectivity index (χ2n) is 3.71. The third-order valence-corrected chi connectivity index (χ3v) is 2.60. The third kappa shape index (κ3) is 6.47. The molecule has 16 heavy (non-hydrogen) atoms. The molecule has 1 aromatic rings. The van der Waals surface area contributed by atoms with Crippen LogP contribution in [0, 0.1) is 0 Å². The molecular formula is C15H19Cl. The molecule has 1 aromatic carbocycles. The van der Waals surface area contributed by atoms with Gasteiger partial charge in [0.05, 0.1) is 0 Å². The van der Waals surface area contributed by atoms with Crippen LogP contribution in [0.2, 0.25) is 0 Å². The molecule has 0 heterocycles. The van der Waals surface area contributed by atoms with Crippen LogP contribution < -0.4 is 0 Å². The van der Waals surface area contributed by atoms with Crippen molar-refractivity contribution in [3.63, 3.8) is 0 Å². The quantitative estimate of drug-likeness (QED) is 0.363. The molecule has 0 spiro atoms. The van der Waals surface area contributed by atoms with Crippen LogP contribution in [0.3, 0.4) is 0 Å². The van der Waals surface area contributed by atoms with Gasteiger partial charge in [0, 0.05) is 5.88 Å². The molecule has 0 aromatic heterocycles. The number of hydrogen-bond donors (Lipinski definition) is 0. The third-order valence-electron chi connectivity index (χ3n) is 2.33. The van der Waals surface area contributed by atoms with Gasteiger partial charge in [0.1, 0.15) is 0 Å². The number of rotatable bonds is 7. The lowest BCUT2D eigenvalue weighted by atomic mass is 10.1. The summed E-state index contributed by atoms with van der Waals surface area (Å²) in [5, 5.41) is 0. The minimum Gasteiger partial charge on any atom is -0.127 e. The van der Waals surface area contributed by atoms with E-state index in [2.05, 4.69) is 54.6 Å². The Morgan fingerprint density at radius 1 is 0.938 bits per heavy atom. The van der Waals surface area contributed by atoms with Gasteiger partial charge in [0.2, 0.25) is 0 Å². The molecule has 0 fully saturated rings. The fourth-order valence-corrected chi connectivity index (χ4v) is 1.59. The average molecular weight is 235 g/mol. The van der Waals surface area contributed by atoms with Gasteiger partial charge in [-0.3, -0.25) is 0 Å². The van der Waals surface area contributed by atoms with Gasteiger partial charge in [-0.1, -0.05) is 54.6 Å². The monoisotopic (exact) mass is 234 g/mol. The van der Waals surface area contributed by atoms with Crippen molar-refractivity contribution < 1.29 is 0 Å². The van der Waals surface area contributed by atoms with E-state index in [1.807, 2.05) is 0 Å². The predicted molar refractivity (Wildman–Crippen MR) is 73.0 cm³/mol. The first kappa shape index (κ1) is 13.1. The summed E-state index contributed by atoms with van der Waals surface area (Å²) in [7, 11) is 0. The Hall–Kier alpha value is -1.01. The second-order valence-corrected chi connectivity index (χ2v) is 4.09. The van der Waals surface area contributed by atoms with E-state index in [0.29, 0.717) is 0 Å². The number of hydrogen-bond acceptors (Lipinski definition) is 0. The van der Waals surface area contributed by atoms with Crippen molar-refractivity contribution in [1.29, 1.82) is 0 Å². The average Bonchev–Trinajstić information content (AvgIpc) is 2.34. The van der Waals surface area contributed by atoms with Crippen LogP contribution >= 0.6 is 11.6 Å². The van der Waals surface area contributed by atoms with Crippen LogP contribution in [0.25, 0.3) is 0 Å². The van der Waals surface area contributed by atoms with Crippen LogP contribution in [-0.2, 0) is 6.42 Å². The molecule has 0 atom stereocenters. The standard InChI is InChI=1S/C15H19Cl/c16-14-10-5-3-1-2-4-7-11-15-12-8-6-9-13-15/h1-4,6,8-9,12-13H,5,7,10-11,14H2/b3-1+,4-2-. The van der Waals surface area contributed by atoms with Gasteiger partial charge in [-0.15, -0.1) is 11.6 Å².